The van der Waals surface area contributed by atoms with Crippen LogP contribution in [0, 0.1) is 0 Å². The summed E-state index contributed by atoms with van der Waals surface area (Å²) in [5, 5.41) is 9.99. The lowest BCUT2D eigenvalue weighted by atomic mass is 10.3. The monoisotopic (exact) mass is 311 g/mol. The molecule has 21 heavy (non-hydrogen) atoms. The van der Waals surface area contributed by atoms with E-state index in [1.165, 1.54) is 4.68 Å². The predicted molar refractivity (Wildman–Crippen MR) is 83.2 cm³/mol. The van der Waals surface area contributed by atoms with Crippen LogP contribution in [0.1, 0.15) is 16.9 Å². The molecule has 0 bridgehead atoms. The van der Waals surface area contributed by atoms with E-state index in [0.717, 1.165) is 45.8 Å². The van der Waals surface area contributed by atoms with Crippen LogP contribution in [-0.4, -0.2) is 65.1 Å². The molecule has 0 spiro atoms. The van der Waals surface area contributed by atoms with Crippen molar-refractivity contribution in [2.24, 2.45) is 7.05 Å². The number of amides is 1. The summed E-state index contributed by atoms with van der Waals surface area (Å²) < 4.78 is 6.81. The highest BCUT2D eigenvalue weighted by molar-refractivity contribution is 7.80. The average Bonchev–Trinajstić information content (AvgIpc) is 2.91. The number of ether oxygens (including phenoxy) is 1. The molecule has 1 saturated heterocycles. The zero-order valence-electron chi connectivity index (χ0n) is 12.2. The molecule has 1 fully saturated rings. The number of hydrogen-bond acceptors (Lipinski definition) is 5. The van der Waals surface area contributed by atoms with Gasteiger partial charge in [0, 0.05) is 32.9 Å². The normalized spacial score (nSPS) is 15.7. The standard InChI is InChI=1S/C13H21N5O2S/c1-17-11(3-5-15-17)12(19)16-13(21)14-4-2-6-18-7-9-20-10-8-18/h3,5H,2,4,6-10H2,1H3,(H2,14,16,19,21). The van der Waals surface area contributed by atoms with E-state index < -0.39 is 0 Å². The first-order valence-electron chi connectivity index (χ1n) is 7.04. The predicted octanol–water partition coefficient (Wildman–Crippen LogP) is -0.253. The molecule has 2 N–H and O–H groups in total. The van der Waals surface area contributed by atoms with E-state index in [-0.39, 0.29) is 5.91 Å². The van der Waals surface area contributed by atoms with Gasteiger partial charge in [-0.2, -0.15) is 5.10 Å². The molecule has 0 saturated carbocycles. The summed E-state index contributed by atoms with van der Waals surface area (Å²) in [4.78, 5) is 14.3. The van der Waals surface area contributed by atoms with Crippen molar-refractivity contribution in [3.05, 3.63) is 18.0 Å². The first-order valence-corrected chi connectivity index (χ1v) is 7.45. The van der Waals surface area contributed by atoms with E-state index in [9.17, 15) is 4.79 Å². The van der Waals surface area contributed by atoms with Crippen molar-refractivity contribution in [1.29, 1.82) is 0 Å². The number of nitrogens with one attached hydrogen (secondary N) is 2. The molecule has 0 atom stereocenters. The maximum absolute atomic E-state index is 11.9. The molecular formula is C13H21N5O2S. The van der Waals surface area contributed by atoms with Gasteiger partial charge >= 0.3 is 0 Å². The minimum atomic E-state index is -0.249. The molecule has 1 aliphatic heterocycles. The molecule has 7 nitrogen and oxygen atoms in total. The molecule has 0 aromatic carbocycles. The number of nitrogens with zero attached hydrogens (tertiary/aromatic N) is 3. The molecule has 8 heteroatoms. The highest BCUT2D eigenvalue weighted by Gasteiger charge is 2.12. The Morgan fingerprint density at radius 3 is 2.90 bits per heavy atom. The molecule has 0 aliphatic carbocycles. The fourth-order valence-electron chi connectivity index (χ4n) is 2.14. The fourth-order valence-corrected chi connectivity index (χ4v) is 2.33. The second-order valence-electron chi connectivity index (χ2n) is 4.86. The van der Waals surface area contributed by atoms with E-state index in [1.807, 2.05) is 0 Å². The second kappa shape index (κ2) is 8.06. The Balaban J connectivity index is 1.61. The summed E-state index contributed by atoms with van der Waals surface area (Å²) in [5.41, 5.74) is 0.479. The van der Waals surface area contributed by atoms with Crippen LogP contribution in [0.25, 0.3) is 0 Å². The highest BCUT2D eigenvalue weighted by Crippen LogP contribution is 1.97. The minimum absolute atomic E-state index is 0.249. The molecule has 2 rings (SSSR count). The van der Waals surface area contributed by atoms with Crippen LogP contribution in [0.15, 0.2) is 12.3 Å². The molecule has 1 aliphatic rings. The van der Waals surface area contributed by atoms with Crippen LogP contribution in [0.4, 0.5) is 0 Å². The Bertz CT molecular complexity index is 485. The van der Waals surface area contributed by atoms with Gasteiger partial charge in [0.2, 0.25) is 0 Å². The van der Waals surface area contributed by atoms with Gasteiger partial charge < -0.3 is 10.1 Å². The van der Waals surface area contributed by atoms with Crippen molar-refractivity contribution in [3.8, 4) is 0 Å². The molecule has 116 valence electrons. The van der Waals surface area contributed by atoms with Gasteiger partial charge in [0.15, 0.2) is 5.11 Å². The zero-order chi connectivity index (χ0) is 15.1. The number of carbonyl (C=O) groups excluding carboxylic acids is 1. The Morgan fingerprint density at radius 2 is 2.24 bits per heavy atom. The van der Waals surface area contributed by atoms with Crippen molar-refractivity contribution < 1.29 is 9.53 Å². The van der Waals surface area contributed by atoms with Gasteiger partial charge in [-0.05, 0) is 31.2 Å². The van der Waals surface area contributed by atoms with Crippen molar-refractivity contribution in [1.82, 2.24) is 25.3 Å². The lowest BCUT2D eigenvalue weighted by molar-refractivity contribution is 0.0376. The lowest BCUT2D eigenvalue weighted by Crippen LogP contribution is -2.42. The first kappa shape index (κ1) is 15.9. The minimum Gasteiger partial charge on any atom is -0.379 e. The Hall–Kier alpha value is -1.51. The van der Waals surface area contributed by atoms with Gasteiger partial charge in [-0.3, -0.25) is 19.7 Å². The van der Waals surface area contributed by atoms with Crippen LogP contribution in [0.5, 0.6) is 0 Å². The fraction of sp³-hybridized carbons (Fsp3) is 0.615. The maximum atomic E-state index is 11.9. The Kier molecular flexibility index (Phi) is 6.09. The summed E-state index contributed by atoms with van der Waals surface area (Å²) in [6.07, 6.45) is 2.55. The van der Waals surface area contributed by atoms with E-state index in [0.29, 0.717) is 10.8 Å². The number of rotatable bonds is 5. The van der Waals surface area contributed by atoms with Crippen molar-refractivity contribution in [2.75, 3.05) is 39.4 Å². The third-order valence-electron chi connectivity index (χ3n) is 3.32. The van der Waals surface area contributed by atoms with Gasteiger partial charge in [0.05, 0.1) is 13.2 Å². The quantitative estimate of drug-likeness (QED) is 0.577. The van der Waals surface area contributed by atoms with Crippen LogP contribution in [-0.2, 0) is 11.8 Å². The summed E-state index contributed by atoms with van der Waals surface area (Å²) in [6, 6.07) is 1.65. The molecule has 0 unspecified atom stereocenters. The summed E-state index contributed by atoms with van der Waals surface area (Å²) >= 11 is 5.11. The van der Waals surface area contributed by atoms with E-state index in [4.69, 9.17) is 17.0 Å². The van der Waals surface area contributed by atoms with Crippen molar-refractivity contribution >= 4 is 23.2 Å². The third-order valence-corrected chi connectivity index (χ3v) is 3.57. The molecule has 0 radical (unpaired) electrons. The van der Waals surface area contributed by atoms with Crippen molar-refractivity contribution in [2.45, 2.75) is 6.42 Å². The molecule has 1 amide bonds. The SMILES string of the molecule is Cn1nccc1C(=O)NC(=S)NCCCN1CCOCC1. The Labute approximate surface area is 129 Å². The van der Waals surface area contributed by atoms with E-state index >= 15 is 0 Å². The third kappa shape index (κ3) is 5.07. The lowest BCUT2D eigenvalue weighted by Gasteiger charge is -2.26. The van der Waals surface area contributed by atoms with Crippen LogP contribution in [0.3, 0.4) is 0 Å². The summed E-state index contributed by atoms with van der Waals surface area (Å²) in [5.74, 6) is -0.249. The van der Waals surface area contributed by atoms with Gasteiger partial charge in [-0.25, -0.2) is 0 Å². The van der Waals surface area contributed by atoms with Gasteiger partial charge in [-0.15, -0.1) is 0 Å². The summed E-state index contributed by atoms with van der Waals surface area (Å²) in [6.45, 7) is 5.35. The maximum Gasteiger partial charge on any atom is 0.275 e. The molecular weight excluding hydrogens is 290 g/mol. The molecule has 1 aromatic heterocycles. The van der Waals surface area contributed by atoms with Crippen LogP contribution >= 0.6 is 12.2 Å². The number of aryl methyl sites for hydroxylation is 1. The van der Waals surface area contributed by atoms with E-state index in [1.54, 1.807) is 19.3 Å². The number of thiocarbonyl (C=S) groups is 1. The Morgan fingerprint density at radius 1 is 1.48 bits per heavy atom. The zero-order valence-corrected chi connectivity index (χ0v) is 13.0. The smallest absolute Gasteiger partial charge is 0.275 e. The summed E-state index contributed by atoms with van der Waals surface area (Å²) in [7, 11) is 1.72. The van der Waals surface area contributed by atoms with Crippen LogP contribution < -0.4 is 10.6 Å². The van der Waals surface area contributed by atoms with Gasteiger partial charge in [-0.1, -0.05) is 0 Å². The largest absolute Gasteiger partial charge is 0.379 e. The van der Waals surface area contributed by atoms with Gasteiger partial charge in [0.1, 0.15) is 5.69 Å². The van der Waals surface area contributed by atoms with Crippen LogP contribution in [0.2, 0.25) is 0 Å². The molecule has 2 heterocycles. The number of carbonyl (C=O) groups is 1. The first-order chi connectivity index (χ1) is 10.2. The topological polar surface area (TPSA) is 71.4 Å². The second-order valence-corrected chi connectivity index (χ2v) is 5.27. The average molecular weight is 311 g/mol. The van der Waals surface area contributed by atoms with E-state index in [2.05, 4.69) is 20.6 Å². The molecule has 1 aromatic rings. The highest BCUT2D eigenvalue weighted by atomic mass is 32.1. The number of aromatic nitrogens is 2. The van der Waals surface area contributed by atoms with Crippen molar-refractivity contribution in [3.63, 3.8) is 0 Å². The van der Waals surface area contributed by atoms with Gasteiger partial charge in [0.25, 0.3) is 5.91 Å². The number of hydrogen-bond donors (Lipinski definition) is 2. The number of morpholine rings is 1.